The second kappa shape index (κ2) is 7.26. The molecule has 2 rings (SSSR count). The predicted octanol–water partition coefficient (Wildman–Crippen LogP) is 1.12. The SMILES string of the molecule is NC(=O)CCCNC1CCN(Cc2ccccc2)C1. The highest BCUT2D eigenvalue weighted by molar-refractivity contribution is 5.73. The second-order valence-electron chi connectivity index (χ2n) is 5.23. The normalized spacial score (nSPS) is 19.7. The lowest BCUT2D eigenvalue weighted by Gasteiger charge is -2.16. The fourth-order valence-electron chi connectivity index (χ4n) is 2.55. The van der Waals surface area contributed by atoms with Crippen molar-refractivity contribution >= 4 is 5.91 Å². The Morgan fingerprint density at radius 3 is 2.89 bits per heavy atom. The molecule has 1 unspecified atom stereocenters. The third-order valence-corrected chi connectivity index (χ3v) is 3.55. The van der Waals surface area contributed by atoms with E-state index in [0.29, 0.717) is 12.5 Å². The Balaban J connectivity index is 1.64. The molecule has 0 bridgehead atoms. The summed E-state index contributed by atoms with van der Waals surface area (Å²) in [7, 11) is 0. The molecule has 1 amide bonds. The molecule has 0 saturated carbocycles. The summed E-state index contributed by atoms with van der Waals surface area (Å²) in [5, 5.41) is 3.50. The number of amides is 1. The molecule has 1 aliphatic rings. The molecule has 4 nitrogen and oxygen atoms in total. The van der Waals surface area contributed by atoms with E-state index in [4.69, 9.17) is 5.73 Å². The van der Waals surface area contributed by atoms with E-state index in [1.807, 2.05) is 0 Å². The van der Waals surface area contributed by atoms with E-state index in [1.54, 1.807) is 0 Å². The first-order valence-electron chi connectivity index (χ1n) is 7.02. The van der Waals surface area contributed by atoms with Gasteiger partial charge >= 0.3 is 0 Å². The summed E-state index contributed by atoms with van der Waals surface area (Å²) < 4.78 is 0. The number of hydrogen-bond acceptors (Lipinski definition) is 3. The first-order chi connectivity index (χ1) is 9.24. The molecule has 1 aromatic rings. The van der Waals surface area contributed by atoms with E-state index < -0.39 is 0 Å². The van der Waals surface area contributed by atoms with E-state index in [2.05, 4.69) is 40.5 Å². The maximum atomic E-state index is 10.6. The van der Waals surface area contributed by atoms with Crippen LogP contribution in [0.4, 0.5) is 0 Å². The molecule has 1 aromatic carbocycles. The van der Waals surface area contributed by atoms with E-state index >= 15 is 0 Å². The van der Waals surface area contributed by atoms with Gasteiger partial charge in [-0.2, -0.15) is 0 Å². The van der Waals surface area contributed by atoms with Crippen LogP contribution in [0.15, 0.2) is 30.3 Å². The van der Waals surface area contributed by atoms with Gasteiger partial charge in [0.2, 0.25) is 5.91 Å². The minimum Gasteiger partial charge on any atom is -0.370 e. The number of hydrogen-bond donors (Lipinski definition) is 2. The zero-order valence-electron chi connectivity index (χ0n) is 11.3. The molecular weight excluding hydrogens is 238 g/mol. The zero-order chi connectivity index (χ0) is 13.5. The van der Waals surface area contributed by atoms with Gasteiger partial charge in [0, 0.05) is 32.1 Å². The summed E-state index contributed by atoms with van der Waals surface area (Å²) in [6.45, 7) is 4.14. The van der Waals surface area contributed by atoms with Gasteiger partial charge in [0.1, 0.15) is 0 Å². The van der Waals surface area contributed by atoms with Gasteiger partial charge in [-0.25, -0.2) is 0 Å². The molecule has 3 N–H and O–H groups in total. The van der Waals surface area contributed by atoms with Gasteiger partial charge in [-0.3, -0.25) is 9.69 Å². The number of carbonyl (C=O) groups excluding carboxylic acids is 1. The largest absolute Gasteiger partial charge is 0.370 e. The van der Waals surface area contributed by atoms with Crippen LogP contribution in [0.3, 0.4) is 0 Å². The molecule has 0 spiro atoms. The minimum absolute atomic E-state index is 0.209. The number of rotatable bonds is 7. The molecule has 1 saturated heterocycles. The van der Waals surface area contributed by atoms with Gasteiger partial charge in [-0.15, -0.1) is 0 Å². The first-order valence-corrected chi connectivity index (χ1v) is 7.02. The number of nitrogens with zero attached hydrogens (tertiary/aromatic N) is 1. The van der Waals surface area contributed by atoms with Crippen LogP contribution in [-0.2, 0) is 11.3 Å². The van der Waals surface area contributed by atoms with Gasteiger partial charge in [0.15, 0.2) is 0 Å². The van der Waals surface area contributed by atoms with E-state index in [0.717, 1.165) is 32.6 Å². The van der Waals surface area contributed by atoms with Crippen molar-refractivity contribution in [3.8, 4) is 0 Å². The Morgan fingerprint density at radius 2 is 2.16 bits per heavy atom. The second-order valence-corrected chi connectivity index (χ2v) is 5.23. The van der Waals surface area contributed by atoms with Crippen LogP contribution in [0.5, 0.6) is 0 Å². The molecule has 0 radical (unpaired) electrons. The zero-order valence-corrected chi connectivity index (χ0v) is 11.3. The smallest absolute Gasteiger partial charge is 0.217 e. The van der Waals surface area contributed by atoms with Gasteiger partial charge in [0.25, 0.3) is 0 Å². The number of carbonyl (C=O) groups is 1. The van der Waals surface area contributed by atoms with Crippen molar-refractivity contribution in [2.75, 3.05) is 19.6 Å². The first kappa shape index (κ1) is 14.0. The summed E-state index contributed by atoms with van der Waals surface area (Å²) in [6, 6.07) is 11.1. The summed E-state index contributed by atoms with van der Waals surface area (Å²) in [5.41, 5.74) is 6.49. The summed E-state index contributed by atoms with van der Waals surface area (Å²) in [6.07, 6.45) is 2.50. The van der Waals surface area contributed by atoms with Gasteiger partial charge in [-0.05, 0) is 24.9 Å². The third-order valence-electron chi connectivity index (χ3n) is 3.55. The number of nitrogens with one attached hydrogen (secondary N) is 1. The Bertz CT molecular complexity index is 394. The van der Waals surface area contributed by atoms with Gasteiger partial charge in [-0.1, -0.05) is 30.3 Å². The highest BCUT2D eigenvalue weighted by Crippen LogP contribution is 2.13. The maximum absolute atomic E-state index is 10.6. The average molecular weight is 261 g/mol. The lowest BCUT2D eigenvalue weighted by atomic mass is 10.2. The Hall–Kier alpha value is -1.39. The van der Waals surface area contributed by atoms with Crippen LogP contribution in [0.25, 0.3) is 0 Å². The number of benzene rings is 1. The molecule has 1 heterocycles. The van der Waals surface area contributed by atoms with Crippen LogP contribution >= 0.6 is 0 Å². The van der Waals surface area contributed by atoms with Gasteiger partial charge in [0.05, 0.1) is 0 Å². The topological polar surface area (TPSA) is 58.4 Å². The Labute approximate surface area is 115 Å². The van der Waals surface area contributed by atoms with E-state index in [-0.39, 0.29) is 5.91 Å². The lowest BCUT2D eigenvalue weighted by molar-refractivity contribution is -0.118. The van der Waals surface area contributed by atoms with Crippen molar-refractivity contribution in [1.29, 1.82) is 0 Å². The molecule has 0 aliphatic carbocycles. The van der Waals surface area contributed by atoms with Crippen LogP contribution < -0.4 is 11.1 Å². The number of likely N-dealkylation sites (tertiary alicyclic amines) is 1. The van der Waals surface area contributed by atoms with Crippen LogP contribution in [0, 0.1) is 0 Å². The average Bonchev–Trinajstić information content (AvgIpc) is 2.83. The Morgan fingerprint density at radius 1 is 1.37 bits per heavy atom. The van der Waals surface area contributed by atoms with Crippen LogP contribution in [-0.4, -0.2) is 36.5 Å². The van der Waals surface area contributed by atoms with Gasteiger partial charge < -0.3 is 11.1 Å². The Kier molecular flexibility index (Phi) is 5.36. The fraction of sp³-hybridized carbons (Fsp3) is 0.533. The highest BCUT2D eigenvalue weighted by Gasteiger charge is 2.21. The van der Waals surface area contributed by atoms with Crippen molar-refractivity contribution in [1.82, 2.24) is 10.2 Å². The molecule has 1 atom stereocenters. The predicted molar refractivity (Wildman–Crippen MR) is 76.6 cm³/mol. The number of nitrogens with two attached hydrogens (primary N) is 1. The summed E-state index contributed by atoms with van der Waals surface area (Å²) >= 11 is 0. The minimum atomic E-state index is -0.209. The molecule has 1 fully saturated rings. The molecule has 1 aliphatic heterocycles. The molecule has 0 aromatic heterocycles. The van der Waals surface area contributed by atoms with Crippen LogP contribution in [0.2, 0.25) is 0 Å². The molecule has 19 heavy (non-hydrogen) atoms. The van der Waals surface area contributed by atoms with Crippen molar-refractivity contribution in [3.63, 3.8) is 0 Å². The molecular formula is C15H23N3O. The maximum Gasteiger partial charge on any atom is 0.217 e. The van der Waals surface area contributed by atoms with Crippen molar-refractivity contribution in [3.05, 3.63) is 35.9 Å². The summed E-state index contributed by atoms with van der Waals surface area (Å²) in [4.78, 5) is 13.1. The van der Waals surface area contributed by atoms with Crippen LogP contribution in [0.1, 0.15) is 24.8 Å². The lowest BCUT2D eigenvalue weighted by Crippen LogP contribution is -2.33. The molecule has 4 heteroatoms. The number of primary amides is 1. The van der Waals surface area contributed by atoms with E-state index in [1.165, 1.54) is 12.0 Å². The van der Waals surface area contributed by atoms with Crippen molar-refractivity contribution < 1.29 is 4.79 Å². The standard InChI is InChI=1S/C15H23N3O/c16-15(19)7-4-9-17-14-8-10-18(12-14)11-13-5-2-1-3-6-13/h1-3,5-6,14,17H,4,7-12H2,(H2,16,19). The monoisotopic (exact) mass is 261 g/mol. The van der Waals surface area contributed by atoms with E-state index in [9.17, 15) is 4.79 Å². The fourth-order valence-corrected chi connectivity index (χ4v) is 2.55. The van der Waals surface area contributed by atoms with Crippen molar-refractivity contribution in [2.45, 2.75) is 31.8 Å². The molecule has 104 valence electrons. The van der Waals surface area contributed by atoms with Crippen molar-refractivity contribution in [2.24, 2.45) is 5.73 Å². The third kappa shape index (κ3) is 5.01. The quantitative estimate of drug-likeness (QED) is 0.723. The summed E-state index contributed by atoms with van der Waals surface area (Å²) in [5.74, 6) is -0.209. The highest BCUT2D eigenvalue weighted by atomic mass is 16.1.